The van der Waals surface area contributed by atoms with Crippen LogP contribution in [-0.4, -0.2) is 19.2 Å². The van der Waals surface area contributed by atoms with Crippen molar-refractivity contribution in [1.29, 1.82) is 0 Å². The van der Waals surface area contributed by atoms with Gasteiger partial charge in [-0.15, -0.1) is 0 Å². The quantitative estimate of drug-likeness (QED) is 0.621. The summed E-state index contributed by atoms with van der Waals surface area (Å²) >= 11 is 0. The number of primary sulfonamides is 1. The molecule has 3 aromatic rings. The second kappa shape index (κ2) is 7.33. The van der Waals surface area contributed by atoms with E-state index in [-0.39, 0.29) is 12.2 Å². The second-order valence-electron chi connectivity index (χ2n) is 7.01. The first-order valence-corrected chi connectivity index (χ1v) is 10.2. The van der Waals surface area contributed by atoms with E-state index in [1.807, 2.05) is 0 Å². The highest BCUT2D eigenvalue weighted by Crippen LogP contribution is 2.32. The van der Waals surface area contributed by atoms with Gasteiger partial charge in [0.2, 0.25) is 15.8 Å². The molecule has 0 bridgehead atoms. The van der Waals surface area contributed by atoms with Crippen molar-refractivity contribution in [3.63, 3.8) is 0 Å². The number of rotatable bonds is 6. The summed E-state index contributed by atoms with van der Waals surface area (Å²) in [7, 11) is -3.94. The van der Waals surface area contributed by atoms with E-state index in [0.29, 0.717) is 28.1 Å². The van der Waals surface area contributed by atoms with Crippen LogP contribution in [0.15, 0.2) is 60.7 Å². The maximum Gasteiger partial charge on any atom is 0.219 e. The van der Waals surface area contributed by atoms with Crippen LogP contribution in [0.25, 0.3) is 0 Å². The molecule has 1 aromatic heterocycles. The number of halogens is 1. The summed E-state index contributed by atoms with van der Waals surface area (Å²) < 4.78 is 36.5. The standard InChI is InChI=1S/C21H21FN2O3S/c1-14-12-18(24-19(14)20(25)15-8-10-17(22)11-9-15)13-21(2,28(23,26)27)16-6-4-3-5-7-16/h3-12,24H,13H2,1-2H3,(H2,23,26,27). The van der Waals surface area contributed by atoms with E-state index in [1.165, 1.54) is 24.3 Å². The third-order valence-corrected chi connectivity index (χ3v) is 6.58. The second-order valence-corrected chi connectivity index (χ2v) is 9.00. The van der Waals surface area contributed by atoms with Gasteiger partial charge in [0, 0.05) is 17.7 Å². The zero-order valence-corrected chi connectivity index (χ0v) is 16.4. The first-order valence-electron chi connectivity index (χ1n) is 8.68. The van der Waals surface area contributed by atoms with Gasteiger partial charge in [-0.2, -0.15) is 0 Å². The third-order valence-electron chi connectivity index (χ3n) is 4.94. The molecular weight excluding hydrogens is 379 g/mol. The molecule has 0 aliphatic heterocycles. The van der Waals surface area contributed by atoms with Crippen LogP contribution in [0.5, 0.6) is 0 Å². The number of aryl methyl sites for hydroxylation is 1. The van der Waals surface area contributed by atoms with Gasteiger partial charge in [0.15, 0.2) is 0 Å². The van der Waals surface area contributed by atoms with Crippen LogP contribution >= 0.6 is 0 Å². The summed E-state index contributed by atoms with van der Waals surface area (Å²) in [5.41, 5.74) is 2.50. The summed E-state index contributed by atoms with van der Waals surface area (Å²) in [4.78, 5) is 15.8. The van der Waals surface area contributed by atoms with Crippen LogP contribution in [-0.2, 0) is 21.2 Å². The Labute approximate surface area is 163 Å². The Bertz CT molecular complexity index is 1110. The van der Waals surface area contributed by atoms with Crippen LogP contribution in [0.4, 0.5) is 4.39 Å². The van der Waals surface area contributed by atoms with Crippen molar-refractivity contribution < 1.29 is 17.6 Å². The smallest absolute Gasteiger partial charge is 0.219 e. The molecule has 0 aliphatic carbocycles. The molecule has 146 valence electrons. The predicted molar refractivity (Wildman–Crippen MR) is 106 cm³/mol. The average molecular weight is 400 g/mol. The monoisotopic (exact) mass is 400 g/mol. The molecule has 1 heterocycles. The van der Waals surface area contributed by atoms with Gasteiger partial charge >= 0.3 is 0 Å². The fourth-order valence-corrected chi connectivity index (χ4v) is 4.05. The van der Waals surface area contributed by atoms with Gasteiger partial charge in [0.25, 0.3) is 0 Å². The number of hydrogen-bond acceptors (Lipinski definition) is 3. The van der Waals surface area contributed by atoms with Crippen LogP contribution in [0.2, 0.25) is 0 Å². The van der Waals surface area contributed by atoms with Crippen LogP contribution in [0.1, 0.15) is 39.8 Å². The molecule has 1 atom stereocenters. The molecule has 3 N–H and O–H groups in total. The number of nitrogens with two attached hydrogens (primary N) is 1. The van der Waals surface area contributed by atoms with E-state index in [9.17, 15) is 17.6 Å². The number of benzene rings is 2. The summed E-state index contributed by atoms with van der Waals surface area (Å²) in [6, 6.07) is 15.7. The minimum absolute atomic E-state index is 0.0768. The van der Waals surface area contributed by atoms with Gasteiger partial charge in [-0.1, -0.05) is 30.3 Å². The van der Waals surface area contributed by atoms with Gasteiger partial charge in [0.05, 0.1) is 5.69 Å². The average Bonchev–Trinajstić information content (AvgIpc) is 3.01. The van der Waals surface area contributed by atoms with E-state index in [1.54, 1.807) is 50.2 Å². The maximum absolute atomic E-state index is 13.1. The highest BCUT2D eigenvalue weighted by molar-refractivity contribution is 7.90. The number of hydrogen-bond donors (Lipinski definition) is 2. The highest BCUT2D eigenvalue weighted by atomic mass is 32.2. The molecule has 5 nitrogen and oxygen atoms in total. The summed E-state index contributed by atoms with van der Waals surface area (Å²) in [6.07, 6.45) is 0.0768. The van der Waals surface area contributed by atoms with Crippen LogP contribution < -0.4 is 5.14 Å². The molecule has 3 rings (SSSR count). The van der Waals surface area contributed by atoms with Gasteiger partial charge in [-0.05, 0) is 55.3 Å². The van der Waals surface area contributed by atoms with Crippen molar-refractivity contribution in [2.24, 2.45) is 5.14 Å². The number of sulfonamides is 1. The molecule has 7 heteroatoms. The van der Waals surface area contributed by atoms with E-state index >= 15 is 0 Å². The lowest BCUT2D eigenvalue weighted by Gasteiger charge is -2.27. The van der Waals surface area contributed by atoms with Crippen LogP contribution in [0.3, 0.4) is 0 Å². The highest BCUT2D eigenvalue weighted by Gasteiger charge is 2.39. The fraction of sp³-hybridized carbons (Fsp3) is 0.190. The zero-order valence-electron chi connectivity index (χ0n) is 15.6. The Morgan fingerprint density at radius 1 is 1.11 bits per heavy atom. The van der Waals surface area contributed by atoms with Crippen molar-refractivity contribution in [2.75, 3.05) is 0 Å². The van der Waals surface area contributed by atoms with E-state index < -0.39 is 20.6 Å². The molecule has 0 spiro atoms. The zero-order chi connectivity index (χ0) is 20.5. The number of H-pyrrole nitrogens is 1. The molecule has 1 unspecified atom stereocenters. The Morgan fingerprint density at radius 3 is 2.29 bits per heavy atom. The predicted octanol–water partition coefficient (Wildman–Crippen LogP) is 3.44. The molecule has 2 aromatic carbocycles. The number of carbonyl (C=O) groups is 1. The van der Waals surface area contributed by atoms with E-state index in [0.717, 1.165) is 0 Å². The molecule has 0 saturated heterocycles. The lowest BCUT2D eigenvalue weighted by molar-refractivity contribution is 0.103. The maximum atomic E-state index is 13.1. The lowest BCUT2D eigenvalue weighted by atomic mass is 9.95. The first-order chi connectivity index (χ1) is 13.1. The van der Waals surface area contributed by atoms with Gasteiger partial charge in [-0.3, -0.25) is 4.79 Å². The van der Waals surface area contributed by atoms with Crippen molar-refractivity contribution >= 4 is 15.8 Å². The minimum atomic E-state index is -3.94. The minimum Gasteiger partial charge on any atom is -0.355 e. The third kappa shape index (κ3) is 3.76. The number of aromatic amines is 1. The van der Waals surface area contributed by atoms with Crippen molar-refractivity contribution in [1.82, 2.24) is 4.98 Å². The molecule has 0 aliphatic rings. The first kappa shape index (κ1) is 20.0. The topological polar surface area (TPSA) is 93.0 Å². The normalized spacial score (nSPS) is 13.9. The number of nitrogens with one attached hydrogen (secondary N) is 1. The lowest BCUT2D eigenvalue weighted by Crippen LogP contribution is -2.40. The molecule has 0 fully saturated rings. The summed E-state index contributed by atoms with van der Waals surface area (Å²) in [5.74, 6) is -0.715. The Kier molecular flexibility index (Phi) is 5.23. The van der Waals surface area contributed by atoms with Crippen molar-refractivity contribution in [2.45, 2.75) is 25.0 Å². The number of ketones is 1. The number of carbonyl (C=O) groups excluding carboxylic acids is 1. The molecule has 0 amide bonds. The molecule has 28 heavy (non-hydrogen) atoms. The summed E-state index contributed by atoms with van der Waals surface area (Å²) in [5, 5.41) is 5.56. The van der Waals surface area contributed by atoms with E-state index in [4.69, 9.17) is 5.14 Å². The molecule has 0 radical (unpaired) electrons. The van der Waals surface area contributed by atoms with Gasteiger partial charge in [0.1, 0.15) is 10.6 Å². The SMILES string of the molecule is Cc1cc(CC(C)(c2ccccc2)S(N)(=O)=O)[nH]c1C(=O)c1ccc(F)cc1. The van der Waals surface area contributed by atoms with Gasteiger partial charge < -0.3 is 4.98 Å². The van der Waals surface area contributed by atoms with Gasteiger partial charge in [-0.25, -0.2) is 17.9 Å². The Hall–Kier alpha value is -2.77. The number of aromatic nitrogens is 1. The van der Waals surface area contributed by atoms with Crippen LogP contribution in [0, 0.1) is 12.7 Å². The molecular formula is C21H21FN2O3S. The largest absolute Gasteiger partial charge is 0.355 e. The van der Waals surface area contributed by atoms with Crippen molar-refractivity contribution in [3.8, 4) is 0 Å². The summed E-state index contributed by atoms with van der Waals surface area (Å²) in [6.45, 7) is 3.32. The fourth-order valence-electron chi connectivity index (χ4n) is 3.23. The Morgan fingerprint density at radius 2 is 1.71 bits per heavy atom. The van der Waals surface area contributed by atoms with Crippen molar-refractivity contribution in [3.05, 3.63) is 94.6 Å². The Balaban J connectivity index is 1.98. The molecule has 0 saturated carbocycles. The van der Waals surface area contributed by atoms with E-state index in [2.05, 4.69) is 4.98 Å².